The molecule has 1 fully saturated rings. The quantitative estimate of drug-likeness (QED) is 0.920. The molecule has 0 aromatic heterocycles. The first-order chi connectivity index (χ1) is 9.07. The molecule has 1 saturated carbocycles. The van der Waals surface area contributed by atoms with Crippen LogP contribution in [0, 0.1) is 6.92 Å². The van der Waals surface area contributed by atoms with Gasteiger partial charge in [0.15, 0.2) is 0 Å². The average molecular weight is 279 g/mol. The Balaban J connectivity index is 2.02. The zero-order chi connectivity index (χ0) is 13.7. The van der Waals surface area contributed by atoms with Crippen molar-refractivity contribution in [1.29, 1.82) is 0 Å². The molecular weight excluding hydrogens is 258 g/mol. The Morgan fingerprint density at radius 2 is 1.84 bits per heavy atom. The topological polar surface area (TPSA) is 46.2 Å². The van der Waals surface area contributed by atoms with Crippen LogP contribution >= 0.6 is 0 Å². The smallest absolute Gasteiger partial charge is 0.209 e. The molecule has 0 heterocycles. The van der Waals surface area contributed by atoms with E-state index >= 15 is 0 Å². The maximum absolute atomic E-state index is 12.0. The Labute approximate surface area is 115 Å². The van der Waals surface area contributed by atoms with Gasteiger partial charge in [-0.3, -0.25) is 0 Å². The first-order valence-electron chi connectivity index (χ1n) is 6.83. The second kappa shape index (κ2) is 6.35. The predicted molar refractivity (Wildman–Crippen MR) is 79.1 cm³/mol. The number of benzene rings is 1. The van der Waals surface area contributed by atoms with E-state index in [-0.39, 0.29) is 6.04 Å². The molecule has 1 aliphatic carbocycles. The van der Waals surface area contributed by atoms with Crippen molar-refractivity contribution in [1.82, 2.24) is 4.72 Å². The lowest BCUT2D eigenvalue weighted by molar-refractivity contribution is 0.413. The zero-order valence-electron chi connectivity index (χ0n) is 11.3. The first-order valence-corrected chi connectivity index (χ1v) is 8.37. The fraction of sp³-hybridized carbons (Fsp3) is 0.467. The van der Waals surface area contributed by atoms with Gasteiger partial charge in [0.1, 0.15) is 0 Å². The van der Waals surface area contributed by atoms with Gasteiger partial charge in [-0.15, -0.1) is 0 Å². The third-order valence-corrected chi connectivity index (χ3v) is 4.71. The third kappa shape index (κ3) is 4.48. The molecule has 1 aliphatic rings. The van der Waals surface area contributed by atoms with Crippen molar-refractivity contribution < 1.29 is 8.42 Å². The molecule has 0 unspecified atom stereocenters. The number of nitrogens with one attached hydrogen (secondary N) is 1. The third-order valence-electron chi connectivity index (χ3n) is 3.55. The summed E-state index contributed by atoms with van der Waals surface area (Å²) in [6, 6.07) is 7.86. The fourth-order valence-corrected chi connectivity index (χ4v) is 3.53. The second-order valence-corrected chi connectivity index (χ2v) is 6.76. The van der Waals surface area contributed by atoms with E-state index in [0.717, 1.165) is 36.8 Å². The van der Waals surface area contributed by atoms with Crippen LogP contribution in [-0.4, -0.2) is 14.5 Å². The summed E-state index contributed by atoms with van der Waals surface area (Å²) in [5.41, 5.74) is 2.02. The van der Waals surface area contributed by atoms with Crippen molar-refractivity contribution in [2.75, 3.05) is 0 Å². The fourth-order valence-electron chi connectivity index (χ4n) is 2.43. The molecule has 0 saturated heterocycles. The lowest BCUT2D eigenvalue weighted by atomic mass is 9.96. The lowest BCUT2D eigenvalue weighted by Gasteiger charge is -2.21. The van der Waals surface area contributed by atoms with Crippen LogP contribution < -0.4 is 4.72 Å². The summed E-state index contributed by atoms with van der Waals surface area (Å²) >= 11 is 0. The minimum absolute atomic E-state index is 0.111. The summed E-state index contributed by atoms with van der Waals surface area (Å²) in [6.45, 7) is 1.97. The van der Waals surface area contributed by atoms with Crippen molar-refractivity contribution in [3.63, 3.8) is 0 Å². The van der Waals surface area contributed by atoms with Crippen LogP contribution in [0.3, 0.4) is 0 Å². The summed E-state index contributed by atoms with van der Waals surface area (Å²) in [7, 11) is -3.33. The van der Waals surface area contributed by atoms with Crippen LogP contribution in [0.25, 0.3) is 6.08 Å². The zero-order valence-corrected chi connectivity index (χ0v) is 12.1. The van der Waals surface area contributed by atoms with Crippen LogP contribution in [0.1, 0.15) is 43.2 Å². The van der Waals surface area contributed by atoms with Crippen LogP contribution in [0.2, 0.25) is 0 Å². The van der Waals surface area contributed by atoms with Gasteiger partial charge in [0.05, 0.1) is 0 Å². The van der Waals surface area contributed by atoms with E-state index in [0.29, 0.717) is 0 Å². The number of hydrogen-bond donors (Lipinski definition) is 1. The van der Waals surface area contributed by atoms with E-state index in [1.165, 1.54) is 11.8 Å². The highest BCUT2D eigenvalue weighted by atomic mass is 32.2. The highest BCUT2D eigenvalue weighted by Gasteiger charge is 2.17. The Bertz CT molecular complexity index is 543. The molecule has 2 rings (SSSR count). The molecule has 0 amide bonds. The van der Waals surface area contributed by atoms with Gasteiger partial charge in [0.25, 0.3) is 0 Å². The molecule has 1 N–H and O–H groups in total. The molecule has 1 aromatic carbocycles. The maximum Gasteiger partial charge on any atom is 0.233 e. The van der Waals surface area contributed by atoms with Gasteiger partial charge >= 0.3 is 0 Å². The van der Waals surface area contributed by atoms with Crippen molar-refractivity contribution in [2.24, 2.45) is 0 Å². The Kier molecular flexibility index (Phi) is 4.77. The van der Waals surface area contributed by atoms with E-state index in [1.807, 2.05) is 31.2 Å². The number of aryl methyl sites for hydroxylation is 1. The van der Waals surface area contributed by atoms with Crippen LogP contribution in [0.4, 0.5) is 0 Å². The summed E-state index contributed by atoms with van der Waals surface area (Å²) in [5.74, 6) is 0. The molecule has 3 nitrogen and oxygen atoms in total. The van der Waals surface area contributed by atoms with Gasteiger partial charge in [-0.25, -0.2) is 13.1 Å². The van der Waals surface area contributed by atoms with E-state index in [4.69, 9.17) is 0 Å². The normalized spacial score (nSPS) is 17.9. The molecule has 0 bridgehead atoms. The van der Waals surface area contributed by atoms with Crippen LogP contribution in [-0.2, 0) is 10.0 Å². The highest BCUT2D eigenvalue weighted by molar-refractivity contribution is 7.92. The molecule has 4 heteroatoms. The van der Waals surface area contributed by atoms with Gasteiger partial charge in [-0.05, 0) is 37.0 Å². The molecule has 19 heavy (non-hydrogen) atoms. The molecule has 0 atom stereocenters. The monoisotopic (exact) mass is 279 g/mol. The van der Waals surface area contributed by atoms with Gasteiger partial charge in [-0.1, -0.05) is 43.5 Å². The van der Waals surface area contributed by atoms with Crippen molar-refractivity contribution in [3.8, 4) is 0 Å². The summed E-state index contributed by atoms with van der Waals surface area (Å²) in [6.07, 6.45) is 7.04. The SMILES string of the molecule is Cc1ccccc1/C=C/S(=O)(=O)NC1CCCCC1. The maximum atomic E-state index is 12.0. The summed E-state index contributed by atoms with van der Waals surface area (Å²) < 4.78 is 26.7. The number of hydrogen-bond acceptors (Lipinski definition) is 2. The van der Waals surface area contributed by atoms with Crippen molar-refractivity contribution in [3.05, 3.63) is 40.8 Å². The van der Waals surface area contributed by atoms with E-state index in [2.05, 4.69) is 4.72 Å². The summed E-state index contributed by atoms with van der Waals surface area (Å²) in [5, 5.41) is 1.28. The molecule has 0 spiro atoms. The molecule has 0 radical (unpaired) electrons. The molecule has 1 aromatic rings. The van der Waals surface area contributed by atoms with Gasteiger partial charge in [0.2, 0.25) is 10.0 Å². The van der Waals surface area contributed by atoms with Crippen LogP contribution in [0.5, 0.6) is 0 Å². The Hall–Kier alpha value is -1.13. The molecule has 0 aliphatic heterocycles. The van der Waals surface area contributed by atoms with Crippen molar-refractivity contribution in [2.45, 2.75) is 45.1 Å². The van der Waals surface area contributed by atoms with Crippen LogP contribution in [0.15, 0.2) is 29.7 Å². The largest absolute Gasteiger partial charge is 0.233 e. The van der Waals surface area contributed by atoms with Gasteiger partial charge < -0.3 is 0 Å². The second-order valence-electron chi connectivity index (χ2n) is 5.16. The Morgan fingerprint density at radius 1 is 1.16 bits per heavy atom. The van der Waals surface area contributed by atoms with E-state index in [9.17, 15) is 8.42 Å². The number of rotatable bonds is 4. The minimum Gasteiger partial charge on any atom is -0.209 e. The average Bonchev–Trinajstić information content (AvgIpc) is 2.38. The highest BCUT2D eigenvalue weighted by Crippen LogP contribution is 2.18. The van der Waals surface area contributed by atoms with Gasteiger partial charge in [-0.2, -0.15) is 0 Å². The summed E-state index contributed by atoms with van der Waals surface area (Å²) in [4.78, 5) is 0. The lowest BCUT2D eigenvalue weighted by Crippen LogP contribution is -2.34. The Morgan fingerprint density at radius 3 is 2.53 bits per heavy atom. The predicted octanol–water partition coefficient (Wildman–Crippen LogP) is 3.22. The molecular formula is C15H21NO2S. The number of sulfonamides is 1. The van der Waals surface area contributed by atoms with Crippen molar-refractivity contribution >= 4 is 16.1 Å². The minimum atomic E-state index is -3.33. The first kappa shape index (κ1) is 14.3. The van der Waals surface area contributed by atoms with E-state index < -0.39 is 10.0 Å². The standard InChI is InChI=1S/C15H21NO2S/c1-13-7-5-6-8-14(13)11-12-19(17,18)16-15-9-3-2-4-10-15/h5-8,11-12,15-16H,2-4,9-10H2,1H3/b12-11+. The molecule has 104 valence electrons. The van der Waals surface area contributed by atoms with Gasteiger partial charge in [0, 0.05) is 11.4 Å². The van der Waals surface area contributed by atoms with E-state index in [1.54, 1.807) is 6.08 Å².